The van der Waals surface area contributed by atoms with E-state index >= 15 is 0 Å². The summed E-state index contributed by atoms with van der Waals surface area (Å²) in [6.45, 7) is 5.77. The van der Waals surface area contributed by atoms with Crippen molar-refractivity contribution >= 4 is 11.9 Å². The van der Waals surface area contributed by atoms with Gasteiger partial charge in [-0.25, -0.2) is 4.79 Å². The number of carbonyl (C=O) groups is 2. The Morgan fingerprint density at radius 2 is 2.00 bits per heavy atom. The zero-order valence-electron chi connectivity index (χ0n) is 18.0. The number of aryl methyl sites for hydroxylation is 1. The fraction of sp³-hybridized carbons (Fsp3) is 0.682. The number of nitrogens with zero attached hydrogens (tertiary/aromatic N) is 2. The van der Waals surface area contributed by atoms with Crippen molar-refractivity contribution in [2.24, 2.45) is 17.8 Å². The van der Waals surface area contributed by atoms with E-state index in [2.05, 4.69) is 9.88 Å². The monoisotopic (exact) mass is 458 g/mol. The third-order valence-electron chi connectivity index (χ3n) is 6.28. The Hall–Kier alpha value is -2.20. The van der Waals surface area contributed by atoms with Gasteiger partial charge >= 0.3 is 12.1 Å². The number of pyridine rings is 1. The molecule has 178 valence electrons. The van der Waals surface area contributed by atoms with Crippen LogP contribution in [0.2, 0.25) is 0 Å². The lowest BCUT2D eigenvalue weighted by Gasteiger charge is -2.29. The number of halogens is 3. The molecule has 1 amide bonds. The van der Waals surface area contributed by atoms with Crippen LogP contribution in [-0.4, -0.2) is 65.5 Å². The first kappa shape index (κ1) is 24.4. The van der Waals surface area contributed by atoms with Crippen LogP contribution in [0.5, 0.6) is 0 Å². The molecule has 3 fully saturated rings. The summed E-state index contributed by atoms with van der Waals surface area (Å²) in [5, 5.41) is 7.12. The van der Waals surface area contributed by atoms with Crippen LogP contribution in [0.15, 0.2) is 18.2 Å². The van der Waals surface area contributed by atoms with E-state index in [0.29, 0.717) is 30.3 Å². The van der Waals surface area contributed by atoms with Gasteiger partial charge in [-0.3, -0.25) is 9.78 Å². The maximum Gasteiger partial charge on any atom is 0.490 e. The summed E-state index contributed by atoms with van der Waals surface area (Å²) in [5.41, 5.74) is 2.01. The Balaban J connectivity index is 0.000000360. The molecule has 1 aromatic heterocycles. The van der Waals surface area contributed by atoms with E-state index in [1.54, 1.807) is 0 Å². The standard InChI is InChI=1S/C20H28N2O3.C2HF3O2/c1-14-4-2-7-17(21-14)13-24-9-8-16-12-25-19-11-22(10-18(16)19)20(23)15-5-3-6-15;3-2(4,5)1(6)7/h2,4,7,15-16,18-19H,3,5-6,8-13H2,1H3;(H,6,7)/t16-,18-,19-;/m0./s1. The summed E-state index contributed by atoms with van der Waals surface area (Å²) in [5.74, 6) is -1.10. The molecule has 3 atom stereocenters. The number of carbonyl (C=O) groups excluding carboxylic acids is 1. The zero-order chi connectivity index (χ0) is 23.3. The van der Waals surface area contributed by atoms with E-state index in [9.17, 15) is 18.0 Å². The molecule has 3 aliphatic rings. The molecule has 1 saturated carbocycles. The van der Waals surface area contributed by atoms with Gasteiger partial charge in [0.1, 0.15) is 0 Å². The average molecular weight is 458 g/mol. The van der Waals surface area contributed by atoms with Gasteiger partial charge in [-0.15, -0.1) is 0 Å². The topological polar surface area (TPSA) is 89.0 Å². The summed E-state index contributed by atoms with van der Waals surface area (Å²) in [4.78, 5) is 27.9. The number of aliphatic carboxylic acids is 1. The van der Waals surface area contributed by atoms with Crippen molar-refractivity contribution in [2.75, 3.05) is 26.3 Å². The predicted molar refractivity (Wildman–Crippen MR) is 108 cm³/mol. The fourth-order valence-electron chi connectivity index (χ4n) is 4.28. The molecule has 7 nitrogen and oxygen atoms in total. The number of ether oxygens (including phenoxy) is 2. The van der Waals surface area contributed by atoms with Crippen molar-refractivity contribution in [1.29, 1.82) is 0 Å². The van der Waals surface area contributed by atoms with Crippen LogP contribution in [0, 0.1) is 24.7 Å². The Bertz CT molecular complexity index is 800. The number of fused-ring (bicyclic) bond motifs is 1. The molecule has 0 bridgehead atoms. The van der Waals surface area contributed by atoms with Crippen LogP contribution in [0.25, 0.3) is 0 Å². The second kappa shape index (κ2) is 10.6. The zero-order valence-corrected chi connectivity index (χ0v) is 18.0. The molecule has 1 aliphatic carbocycles. The number of amides is 1. The first-order valence-corrected chi connectivity index (χ1v) is 10.9. The molecule has 0 unspecified atom stereocenters. The van der Waals surface area contributed by atoms with Crippen LogP contribution in [0.4, 0.5) is 13.2 Å². The molecule has 32 heavy (non-hydrogen) atoms. The minimum Gasteiger partial charge on any atom is -0.475 e. The Labute approximate surface area is 184 Å². The molecule has 4 rings (SSSR count). The molecular formula is C22H29F3N2O5. The van der Waals surface area contributed by atoms with Gasteiger partial charge in [-0.05, 0) is 44.2 Å². The second-order valence-electron chi connectivity index (χ2n) is 8.58. The first-order valence-electron chi connectivity index (χ1n) is 10.9. The van der Waals surface area contributed by atoms with Crippen molar-refractivity contribution in [3.63, 3.8) is 0 Å². The van der Waals surface area contributed by atoms with Gasteiger partial charge in [-0.2, -0.15) is 13.2 Å². The maximum absolute atomic E-state index is 12.4. The van der Waals surface area contributed by atoms with Gasteiger partial charge in [0.25, 0.3) is 0 Å². The molecule has 0 spiro atoms. The molecule has 10 heteroatoms. The number of carboxylic acids is 1. The lowest BCUT2D eigenvalue weighted by atomic mass is 9.84. The summed E-state index contributed by atoms with van der Waals surface area (Å²) >= 11 is 0. The van der Waals surface area contributed by atoms with Gasteiger partial charge < -0.3 is 19.5 Å². The smallest absolute Gasteiger partial charge is 0.475 e. The Morgan fingerprint density at radius 3 is 2.59 bits per heavy atom. The van der Waals surface area contributed by atoms with Crippen molar-refractivity contribution in [2.45, 2.75) is 51.5 Å². The van der Waals surface area contributed by atoms with E-state index in [1.165, 1.54) is 6.42 Å². The predicted octanol–water partition coefficient (Wildman–Crippen LogP) is 3.20. The number of likely N-dealkylation sites (tertiary alicyclic amines) is 1. The van der Waals surface area contributed by atoms with Crippen molar-refractivity contribution < 1.29 is 37.3 Å². The summed E-state index contributed by atoms with van der Waals surface area (Å²) in [6.07, 6.45) is -0.472. The van der Waals surface area contributed by atoms with Crippen molar-refractivity contribution in [3.8, 4) is 0 Å². The lowest BCUT2D eigenvalue weighted by molar-refractivity contribution is -0.192. The second-order valence-corrected chi connectivity index (χ2v) is 8.58. The van der Waals surface area contributed by atoms with Gasteiger partial charge in [0.05, 0.1) is 25.0 Å². The van der Waals surface area contributed by atoms with Crippen LogP contribution in [-0.2, 0) is 25.7 Å². The minimum absolute atomic E-state index is 0.243. The molecular weight excluding hydrogens is 429 g/mol. The van der Waals surface area contributed by atoms with Gasteiger partial charge in [0.15, 0.2) is 0 Å². The van der Waals surface area contributed by atoms with Crippen molar-refractivity contribution in [3.05, 3.63) is 29.6 Å². The third-order valence-corrected chi connectivity index (χ3v) is 6.28. The highest BCUT2D eigenvalue weighted by molar-refractivity contribution is 5.80. The largest absolute Gasteiger partial charge is 0.490 e. The normalized spacial score (nSPS) is 25.0. The first-order chi connectivity index (χ1) is 15.1. The van der Waals surface area contributed by atoms with Crippen LogP contribution in [0.3, 0.4) is 0 Å². The number of hydrogen-bond acceptors (Lipinski definition) is 5. The average Bonchev–Trinajstić information content (AvgIpc) is 3.25. The summed E-state index contributed by atoms with van der Waals surface area (Å²) in [6, 6.07) is 6.02. The maximum atomic E-state index is 12.4. The molecule has 1 aromatic rings. The van der Waals surface area contributed by atoms with E-state index in [1.807, 2.05) is 25.1 Å². The Kier molecular flexibility index (Phi) is 8.10. The van der Waals surface area contributed by atoms with Gasteiger partial charge in [0, 0.05) is 37.2 Å². The fourth-order valence-corrected chi connectivity index (χ4v) is 4.28. The quantitative estimate of drug-likeness (QED) is 0.659. The van der Waals surface area contributed by atoms with Crippen LogP contribution >= 0.6 is 0 Å². The number of rotatable bonds is 6. The highest BCUT2D eigenvalue weighted by atomic mass is 19.4. The van der Waals surface area contributed by atoms with Gasteiger partial charge in [0.2, 0.25) is 5.91 Å². The van der Waals surface area contributed by atoms with Gasteiger partial charge in [-0.1, -0.05) is 12.5 Å². The highest BCUT2D eigenvalue weighted by Crippen LogP contribution is 2.38. The molecule has 2 saturated heterocycles. The SMILES string of the molecule is Cc1cccc(COCC[C@H]2CO[C@H]3CN(C(=O)C4CCC4)C[C@@H]23)n1.O=C(O)C(F)(F)F. The molecule has 2 aliphatic heterocycles. The van der Waals surface area contributed by atoms with E-state index < -0.39 is 12.1 Å². The molecule has 0 radical (unpaired) electrons. The molecule has 3 heterocycles. The number of alkyl halides is 3. The lowest BCUT2D eigenvalue weighted by Crippen LogP contribution is -2.38. The van der Waals surface area contributed by atoms with E-state index in [4.69, 9.17) is 19.4 Å². The van der Waals surface area contributed by atoms with Crippen LogP contribution in [0.1, 0.15) is 37.1 Å². The summed E-state index contributed by atoms with van der Waals surface area (Å²) < 4.78 is 43.5. The number of carboxylic acid groups (broad SMARTS) is 1. The molecule has 0 aromatic carbocycles. The van der Waals surface area contributed by atoms with Crippen LogP contribution < -0.4 is 0 Å². The van der Waals surface area contributed by atoms with E-state index in [0.717, 1.165) is 57.0 Å². The number of hydrogen-bond donors (Lipinski definition) is 1. The molecule has 1 N–H and O–H groups in total. The highest BCUT2D eigenvalue weighted by Gasteiger charge is 2.46. The number of aromatic nitrogens is 1. The summed E-state index contributed by atoms with van der Waals surface area (Å²) in [7, 11) is 0. The van der Waals surface area contributed by atoms with E-state index in [-0.39, 0.29) is 6.10 Å². The van der Waals surface area contributed by atoms with Crippen molar-refractivity contribution in [1.82, 2.24) is 9.88 Å². The minimum atomic E-state index is -5.08. The third kappa shape index (κ3) is 6.41. The Morgan fingerprint density at radius 1 is 1.28 bits per heavy atom.